The van der Waals surface area contributed by atoms with E-state index in [1.165, 1.54) is 19.3 Å². The van der Waals surface area contributed by atoms with E-state index in [0.717, 1.165) is 51.4 Å². The summed E-state index contributed by atoms with van der Waals surface area (Å²) < 4.78 is 0.140. The van der Waals surface area contributed by atoms with E-state index in [2.05, 4.69) is 42.6 Å². The fourth-order valence-electron chi connectivity index (χ4n) is 3.53. The molecule has 2 rings (SSSR count). The predicted molar refractivity (Wildman–Crippen MR) is 124 cm³/mol. The van der Waals surface area contributed by atoms with Crippen molar-refractivity contribution < 1.29 is 4.79 Å². The number of nitrogens with zero attached hydrogens (tertiary/aromatic N) is 2. The molecular weight excluding hydrogens is 459 g/mol. The number of amides is 1. The minimum Gasteiger partial charge on any atom is -0.357 e. The highest BCUT2D eigenvalue weighted by molar-refractivity contribution is 14.0. The van der Waals surface area contributed by atoms with E-state index >= 15 is 0 Å². The lowest BCUT2D eigenvalue weighted by Gasteiger charge is -2.26. The number of carbonyl (C=O) groups is 1. The van der Waals surface area contributed by atoms with Gasteiger partial charge in [-0.05, 0) is 46.3 Å². The Kier molecular flexibility index (Phi) is 10.7. The van der Waals surface area contributed by atoms with Crippen LogP contribution in [0.3, 0.4) is 0 Å². The Morgan fingerprint density at radius 1 is 1.23 bits per heavy atom. The molecule has 2 N–H and O–H groups in total. The van der Waals surface area contributed by atoms with E-state index in [9.17, 15) is 4.79 Å². The second-order valence-corrected chi connectivity index (χ2v) is 9.42. The average Bonchev–Trinajstić information content (AvgIpc) is 3.08. The van der Waals surface area contributed by atoms with Gasteiger partial charge in [0.2, 0.25) is 5.91 Å². The molecule has 1 saturated carbocycles. The number of aliphatic imine (C=N–C) groups is 1. The van der Waals surface area contributed by atoms with Crippen LogP contribution in [-0.2, 0) is 4.79 Å². The van der Waals surface area contributed by atoms with Crippen molar-refractivity contribution in [1.82, 2.24) is 15.5 Å². The Hall–Kier alpha value is -0.180. The first-order valence-corrected chi connectivity index (χ1v) is 11.1. The van der Waals surface area contributed by atoms with E-state index in [1.807, 2.05) is 11.8 Å². The van der Waals surface area contributed by atoms with E-state index in [1.54, 1.807) is 0 Å². The van der Waals surface area contributed by atoms with Crippen LogP contribution in [-0.4, -0.2) is 60.0 Å². The lowest BCUT2D eigenvalue weighted by molar-refractivity contribution is -0.135. The van der Waals surface area contributed by atoms with Gasteiger partial charge in [0, 0.05) is 36.3 Å². The Morgan fingerprint density at radius 3 is 2.54 bits per heavy atom. The van der Waals surface area contributed by atoms with Gasteiger partial charge in [0.25, 0.3) is 0 Å². The summed E-state index contributed by atoms with van der Waals surface area (Å²) in [4.78, 5) is 19.5. The summed E-state index contributed by atoms with van der Waals surface area (Å²) in [7, 11) is 0. The molecular formula is C19H37IN4OS. The first-order valence-electron chi connectivity index (χ1n) is 9.84. The third-order valence-electron chi connectivity index (χ3n) is 5.31. The zero-order chi connectivity index (χ0) is 18.3. The first-order chi connectivity index (χ1) is 11.9. The summed E-state index contributed by atoms with van der Waals surface area (Å²) in [6, 6.07) is 0.308. The quantitative estimate of drug-likeness (QED) is 0.336. The molecule has 0 spiro atoms. The van der Waals surface area contributed by atoms with Gasteiger partial charge in [0.1, 0.15) is 0 Å². The number of rotatable bonds is 6. The predicted octanol–water partition coefficient (Wildman–Crippen LogP) is 3.48. The smallest absolute Gasteiger partial charge is 0.225 e. The van der Waals surface area contributed by atoms with Crippen LogP contribution in [0.15, 0.2) is 4.99 Å². The minimum atomic E-state index is 0. The Labute approximate surface area is 180 Å². The van der Waals surface area contributed by atoms with E-state index in [-0.39, 0.29) is 34.6 Å². The molecule has 2 aliphatic rings. The van der Waals surface area contributed by atoms with Crippen molar-refractivity contribution in [3.63, 3.8) is 0 Å². The maximum absolute atomic E-state index is 12.7. The van der Waals surface area contributed by atoms with Gasteiger partial charge in [-0.15, -0.1) is 24.0 Å². The van der Waals surface area contributed by atoms with Crippen molar-refractivity contribution in [3.05, 3.63) is 0 Å². The van der Waals surface area contributed by atoms with Gasteiger partial charge in [-0.25, -0.2) is 0 Å². The van der Waals surface area contributed by atoms with E-state index in [0.29, 0.717) is 11.9 Å². The van der Waals surface area contributed by atoms with Crippen LogP contribution >= 0.6 is 35.7 Å². The maximum atomic E-state index is 12.7. The fourth-order valence-corrected chi connectivity index (χ4v) is 3.73. The molecule has 26 heavy (non-hydrogen) atoms. The van der Waals surface area contributed by atoms with Crippen LogP contribution < -0.4 is 10.6 Å². The third-order valence-corrected chi connectivity index (χ3v) is 6.54. The third kappa shape index (κ3) is 7.44. The monoisotopic (exact) mass is 496 g/mol. The normalized spacial score (nSPS) is 22.1. The Balaban J connectivity index is 0.00000338. The molecule has 1 unspecified atom stereocenters. The molecule has 1 aliphatic carbocycles. The van der Waals surface area contributed by atoms with Crippen LogP contribution in [0.1, 0.15) is 59.3 Å². The van der Waals surface area contributed by atoms with Crippen molar-refractivity contribution in [1.29, 1.82) is 0 Å². The van der Waals surface area contributed by atoms with Gasteiger partial charge >= 0.3 is 0 Å². The number of hydrogen-bond donors (Lipinski definition) is 2. The zero-order valence-corrected chi connectivity index (χ0v) is 20.0. The van der Waals surface area contributed by atoms with Gasteiger partial charge in [0.15, 0.2) is 5.96 Å². The molecule has 0 aromatic carbocycles. The van der Waals surface area contributed by atoms with Crippen LogP contribution in [0.2, 0.25) is 0 Å². The molecule has 1 amide bonds. The van der Waals surface area contributed by atoms with Gasteiger partial charge in [-0.2, -0.15) is 11.8 Å². The van der Waals surface area contributed by atoms with Crippen LogP contribution in [0.25, 0.3) is 0 Å². The van der Waals surface area contributed by atoms with Crippen molar-refractivity contribution in [3.8, 4) is 0 Å². The average molecular weight is 497 g/mol. The van der Waals surface area contributed by atoms with Gasteiger partial charge in [0.05, 0.1) is 6.54 Å². The first kappa shape index (κ1) is 23.9. The highest BCUT2D eigenvalue weighted by Crippen LogP contribution is 2.27. The zero-order valence-electron chi connectivity index (χ0n) is 16.8. The summed E-state index contributed by atoms with van der Waals surface area (Å²) in [6.45, 7) is 9.83. The summed E-state index contributed by atoms with van der Waals surface area (Å²) in [5.41, 5.74) is 0. The standard InChI is InChI=1S/C19H36N4OS.HI/c1-5-20-18(21-14-19(2,3)25-4)22-16-11-12-23(13-16)17(24)15-9-7-6-8-10-15;/h15-16H,5-14H2,1-4H3,(H2,20,21,22);1H. The van der Waals surface area contributed by atoms with Gasteiger partial charge < -0.3 is 15.5 Å². The molecule has 1 aliphatic heterocycles. The molecule has 2 fully saturated rings. The molecule has 1 saturated heterocycles. The molecule has 0 radical (unpaired) electrons. The van der Waals surface area contributed by atoms with Gasteiger partial charge in [-0.1, -0.05) is 19.3 Å². The Morgan fingerprint density at radius 2 is 1.92 bits per heavy atom. The van der Waals surface area contributed by atoms with Crippen molar-refractivity contribution in [2.45, 2.75) is 70.1 Å². The summed E-state index contributed by atoms with van der Waals surface area (Å²) in [6.07, 6.45) is 9.03. The number of likely N-dealkylation sites (tertiary alicyclic amines) is 1. The number of carbonyl (C=O) groups excluding carboxylic acids is 1. The summed E-state index contributed by atoms with van der Waals surface area (Å²) >= 11 is 1.83. The van der Waals surface area contributed by atoms with Crippen molar-refractivity contribution in [2.24, 2.45) is 10.9 Å². The number of guanidine groups is 1. The second-order valence-electron chi connectivity index (χ2n) is 7.91. The molecule has 5 nitrogen and oxygen atoms in total. The topological polar surface area (TPSA) is 56.7 Å². The van der Waals surface area contributed by atoms with Crippen LogP contribution in [0.5, 0.6) is 0 Å². The largest absolute Gasteiger partial charge is 0.357 e. The number of halogens is 1. The molecule has 0 aromatic heterocycles. The molecule has 152 valence electrons. The highest BCUT2D eigenvalue weighted by Gasteiger charge is 2.31. The number of nitrogens with one attached hydrogen (secondary N) is 2. The lowest BCUT2D eigenvalue weighted by atomic mass is 9.88. The van der Waals surface area contributed by atoms with E-state index < -0.39 is 0 Å². The molecule has 0 bridgehead atoms. The lowest BCUT2D eigenvalue weighted by Crippen LogP contribution is -2.46. The van der Waals surface area contributed by atoms with E-state index in [4.69, 9.17) is 4.99 Å². The highest BCUT2D eigenvalue weighted by atomic mass is 127. The Bertz CT molecular complexity index is 466. The number of hydrogen-bond acceptors (Lipinski definition) is 3. The van der Waals surface area contributed by atoms with Crippen molar-refractivity contribution in [2.75, 3.05) is 32.4 Å². The van der Waals surface area contributed by atoms with Crippen LogP contribution in [0.4, 0.5) is 0 Å². The molecule has 1 heterocycles. The molecule has 7 heteroatoms. The molecule has 0 aromatic rings. The summed E-state index contributed by atoms with van der Waals surface area (Å²) in [5.74, 6) is 1.54. The fraction of sp³-hybridized carbons (Fsp3) is 0.895. The molecule has 1 atom stereocenters. The number of thioether (sulfide) groups is 1. The maximum Gasteiger partial charge on any atom is 0.225 e. The summed E-state index contributed by atoms with van der Waals surface area (Å²) in [5, 5.41) is 6.88. The van der Waals surface area contributed by atoms with Gasteiger partial charge in [-0.3, -0.25) is 9.79 Å². The van der Waals surface area contributed by atoms with Crippen LogP contribution in [0, 0.1) is 5.92 Å². The minimum absolute atomic E-state index is 0. The second kappa shape index (κ2) is 11.6. The van der Waals surface area contributed by atoms with Crippen molar-refractivity contribution >= 4 is 47.6 Å². The SMILES string of the molecule is CCNC(=NCC(C)(C)SC)NC1CCN(C(=O)C2CCCCC2)C1.I.